The third-order valence-electron chi connectivity index (χ3n) is 2.47. The zero-order valence-electron chi connectivity index (χ0n) is 9.47. The Hall–Kier alpha value is -0.560. The Morgan fingerprint density at radius 2 is 2.18 bits per heavy atom. The molecular weight excluding hydrogens is 294 g/mol. The van der Waals surface area contributed by atoms with Gasteiger partial charge >= 0.3 is 0 Å². The number of halogens is 3. The number of hydrazine groups is 1. The van der Waals surface area contributed by atoms with Crippen LogP contribution in [-0.2, 0) is 4.74 Å². The summed E-state index contributed by atoms with van der Waals surface area (Å²) in [7, 11) is 1.57. The van der Waals surface area contributed by atoms with E-state index in [-0.39, 0.29) is 10.0 Å². The summed E-state index contributed by atoms with van der Waals surface area (Å²) >= 11 is 3.02. The van der Waals surface area contributed by atoms with Gasteiger partial charge in [-0.15, -0.1) is 0 Å². The Morgan fingerprint density at radius 1 is 1.47 bits per heavy atom. The number of nitrogens with one attached hydrogen (secondary N) is 1. The van der Waals surface area contributed by atoms with Crippen molar-refractivity contribution in [3.63, 3.8) is 0 Å². The highest BCUT2D eigenvalue weighted by atomic mass is 79.9. The number of benzene rings is 1. The number of nitrogens with two attached hydrogens (primary N) is 1. The lowest BCUT2D eigenvalue weighted by atomic mass is 10.0. The van der Waals surface area contributed by atoms with Gasteiger partial charge in [0, 0.05) is 19.3 Å². The van der Waals surface area contributed by atoms with E-state index in [4.69, 9.17) is 10.6 Å². The van der Waals surface area contributed by atoms with E-state index in [9.17, 15) is 8.78 Å². The SMILES string of the molecule is COCCCC(NN)c1c(F)ccc(Br)c1F. The van der Waals surface area contributed by atoms with Crippen LogP contribution in [0.5, 0.6) is 0 Å². The van der Waals surface area contributed by atoms with Crippen LogP contribution >= 0.6 is 15.9 Å². The quantitative estimate of drug-likeness (QED) is 0.367. The molecule has 96 valence electrons. The molecule has 3 nitrogen and oxygen atoms in total. The third kappa shape index (κ3) is 3.70. The molecule has 0 aliphatic heterocycles. The van der Waals surface area contributed by atoms with Crippen molar-refractivity contribution < 1.29 is 13.5 Å². The molecule has 0 saturated heterocycles. The minimum Gasteiger partial charge on any atom is -0.385 e. The molecule has 17 heavy (non-hydrogen) atoms. The van der Waals surface area contributed by atoms with E-state index in [0.29, 0.717) is 19.4 Å². The second-order valence-corrected chi connectivity index (χ2v) is 4.47. The van der Waals surface area contributed by atoms with Gasteiger partial charge in [-0.2, -0.15) is 0 Å². The topological polar surface area (TPSA) is 47.3 Å². The summed E-state index contributed by atoms with van der Waals surface area (Å²) < 4.78 is 32.5. The fraction of sp³-hybridized carbons (Fsp3) is 0.455. The van der Waals surface area contributed by atoms with E-state index in [0.717, 1.165) is 0 Å². The monoisotopic (exact) mass is 308 g/mol. The molecule has 3 N–H and O–H groups in total. The van der Waals surface area contributed by atoms with Crippen LogP contribution < -0.4 is 11.3 Å². The summed E-state index contributed by atoms with van der Waals surface area (Å²) in [5.41, 5.74) is 2.39. The normalized spacial score (nSPS) is 12.8. The molecule has 0 amide bonds. The van der Waals surface area contributed by atoms with Gasteiger partial charge < -0.3 is 4.74 Å². The van der Waals surface area contributed by atoms with Crippen molar-refractivity contribution in [1.82, 2.24) is 5.43 Å². The molecule has 0 heterocycles. The number of methoxy groups -OCH3 is 1. The van der Waals surface area contributed by atoms with E-state index >= 15 is 0 Å². The van der Waals surface area contributed by atoms with Crippen molar-refractivity contribution in [1.29, 1.82) is 0 Å². The van der Waals surface area contributed by atoms with E-state index in [1.807, 2.05) is 0 Å². The maximum Gasteiger partial charge on any atom is 0.145 e. The second kappa shape index (κ2) is 7.00. The predicted molar refractivity (Wildman–Crippen MR) is 65.2 cm³/mol. The molecule has 0 spiro atoms. The van der Waals surface area contributed by atoms with Gasteiger partial charge in [0.25, 0.3) is 0 Å². The molecule has 1 rings (SSSR count). The lowest BCUT2D eigenvalue weighted by Gasteiger charge is -2.18. The van der Waals surface area contributed by atoms with E-state index in [2.05, 4.69) is 21.4 Å². The van der Waals surface area contributed by atoms with Crippen LogP contribution in [0, 0.1) is 11.6 Å². The standard InChI is InChI=1S/C11H15BrF2N2O/c1-17-6-2-3-9(16-15)10-8(13)5-4-7(12)11(10)14/h4-5,9,16H,2-3,6,15H2,1H3. The molecule has 0 aliphatic rings. The van der Waals surface area contributed by atoms with Gasteiger partial charge in [0.05, 0.1) is 10.5 Å². The molecular formula is C11H15BrF2N2O. The predicted octanol–water partition coefficient (Wildman–Crippen LogP) is 2.66. The summed E-state index contributed by atoms with van der Waals surface area (Å²) in [5.74, 6) is 4.11. The fourth-order valence-corrected chi connectivity index (χ4v) is 1.95. The molecule has 1 atom stereocenters. The smallest absolute Gasteiger partial charge is 0.145 e. The third-order valence-corrected chi connectivity index (χ3v) is 3.08. The Balaban J connectivity index is 2.91. The number of ether oxygens (including phenoxy) is 1. The van der Waals surface area contributed by atoms with Crippen molar-refractivity contribution in [2.45, 2.75) is 18.9 Å². The van der Waals surface area contributed by atoms with E-state index in [1.165, 1.54) is 12.1 Å². The first-order chi connectivity index (χ1) is 8.11. The molecule has 1 aromatic rings. The van der Waals surface area contributed by atoms with Gasteiger partial charge in [-0.1, -0.05) is 0 Å². The summed E-state index contributed by atoms with van der Waals surface area (Å²) in [6.45, 7) is 0.523. The average molecular weight is 309 g/mol. The highest BCUT2D eigenvalue weighted by Gasteiger charge is 2.20. The Kier molecular flexibility index (Phi) is 5.97. The van der Waals surface area contributed by atoms with Crippen LogP contribution in [0.2, 0.25) is 0 Å². The Bertz CT molecular complexity index is 377. The van der Waals surface area contributed by atoms with Crippen molar-refractivity contribution >= 4 is 15.9 Å². The zero-order chi connectivity index (χ0) is 12.8. The highest BCUT2D eigenvalue weighted by molar-refractivity contribution is 9.10. The van der Waals surface area contributed by atoms with Crippen LogP contribution in [-0.4, -0.2) is 13.7 Å². The molecule has 6 heteroatoms. The van der Waals surface area contributed by atoms with Crippen LogP contribution in [0.25, 0.3) is 0 Å². The summed E-state index contributed by atoms with van der Waals surface area (Å²) in [4.78, 5) is 0. The first-order valence-electron chi connectivity index (χ1n) is 5.20. The number of rotatable bonds is 6. The molecule has 0 radical (unpaired) electrons. The molecule has 0 aliphatic carbocycles. The summed E-state index contributed by atoms with van der Waals surface area (Å²) in [6, 6.07) is 1.97. The first kappa shape index (κ1) is 14.5. The number of hydrogen-bond acceptors (Lipinski definition) is 3. The van der Waals surface area contributed by atoms with Crippen molar-refractivity contribution in [3.05, 3.63) is 33.8 Å². The van der Waals surface area contributed by atoms with Crippen LogP contribution in [0.3, 0.4) is 0 Å². The molecule has 0 bridgehead atoms. The Labute approximate surface area is 107 Å². The minimum absolute atomic E-state index is 0.0435. The van der Waals surface area contributed by atoms with Crippen LogP contribution in [0.15, 0.2) is 16.6 Å². The lowest BCUT2D eigenvalue weighted by Crippen LogP contribution is -2.29. The van der Waals surface area contributed by atoms with E-state index in [1.54, 1.807) is 7.11 Å². The van der Waals surface area contributed by atoms with Crippen molar-refractivity contribution in [2.75, 3.05) is 13.7 Å². The molecule has 1 aromatic carbocycles. The van der Waals surface area contributed by atoms with Gasteiger partial charge in [-0.05, 0) is 40.9 Å². The molecule has 0 fully saturated rings. The van der Waals surface area contributed by atoms with E-state index < -0.39 is 17.7 Å². The number of hydrogen-bond donors (Lipinski definition) is 2. The van der Waals surface area contributed by atoms with Crippen molar-refractivity contribution in [2.24, 2.45) is 5.84 Å². The highest BCUT2D eigenvalue weighted by Crippen LogP contribution is 2.28. The maximum atomic E-state index is 13.8. The minimum atomic E-state index is -0.620. The Morgan fingerprint density at radius 3 is 2.76 bits per heavy atom. The van der Waals surface area contributed by atoms with Gasteiger partial charge in [0.2, 0.25) is 0 Å². The van der Waals surface area contributed by atoms with Gasteiger partial charge in [-0.25, -0.2) is 8.78 Å². The molecule has 0 saturated carbocycles. The molecule has 1 unspecified atom stereocenters. The van der Waals surface area contributed by atoms with Crippen molar-refractivity contribution in [3.8, 4) is 0 Å². The van der Waals surface area contributed by atoms with Gasteiger partial charge in [0.15, 0.2) is 0 Å². The molecule has 0 aromatic heterocycles. The van der Waals surface area contributed by atoms with Crippen LogP contribution in [0.4, 0.5) is 8.78 Å². The van der Waals surface area contributed by atoms with Gasteiger partial charge in [-0.3, -0.25) is 11.3 Å². The average Bonchev–Trinajstić information content (AvgIpc) is 2.32. The lowest BCUT2D eigenvalue weighted by molar-refractivity contribution is 0.188. The van der Waals surface area contributed by atoms with Crippen LogP contribution in [0.1, 0.15) is 24.4 Å². The summed E-state index contributed by atoms with van der Waals surface area (Å²) in [5, 5.41) is 0. The fourth-order valence-electron chi connectivity index (χ4n) is 1.60. The maximum absolute atomic E-state index is 13.8. The largest absolute Gasteiger partial charge is 0.385 e. The van der Waals surface area contributed by atoms with Gasteiger partial charge in [0.1, 0.15) is 11.6 Å². The second-order valence-electron chi connectivity index (χ2n) is 3.61. The first-order valence-corrected chi connectivity index (χ1v) is 5.99. The zero-order valence-corrected chi connectivity index (χ0v) is 11.1. The summed E-state index contributed by atoms with van der Waals surface area (Å²) in [6.07, 6.45) is 1.16.